The molecule has 0 saturated carbocycles. The minimum absolute atomic E-state index is 0.0762. The lowest BCUT2D eigenvalue weighted by Crippen LogP contribution is -2.41. The van der Waals surface area contributed by atoms with Gasteiger partial charge in [0.25, 0.3) is 0 Å². The maximum Gasteiger partial charge on any atom is 0.198 e. The number of anilines is 5. The van der Waals surface area contributed by atoms with Gasteiger partial charge in [0.2, 0.25) is 0 Å². The Morgan fingerprint density at radius 2 is 1.16 bits per heavy atom. The second-order valence-electron chi connectivity index (χ2n) is 17.5. The number of fused-ring (bicyclic) bond motifs is 6. The van der Waals surface area contributed by atoms with E-state index in [1.54, 1.807) is 0 Å². The zero-order valence-corrected chi connectivity index (χ0v) is 35.8. The summed E-state index contributed by atoms with van der Waals surface area (Å²) in [6, 6.07) is 69.8. The third kappa shape index (κ3) is 6.68. The molecule has 2 nitrogen and oxygen atoms in total. The summed E-state index contributed by atoms with van der Waals surface area (Å²) in [4.78, 5) is 2.57. The Morgan fingerprint density at radius 1 is 0.492 bits per heavy atom. The van der Waals surface area contributed by atoms with Crippen molar-refractivity contribution in [1.82, 2.24) is 0 Å². The Labute approximate surface area is 363 Å². The Balaban J connectivity index is 1.18. The van der Waals surface area contributed by atoms with Gasteiger partial charge in [-0.3, -0.25) is 0 Å². The van der Waals surface area contributed by atoms with Crippen molar-refractivity contribution in [2.24, 2.45) is 0 Å². The van der Waals surface area contributed by atoms with Gasteiger partial charge >= 0.3 is 0 Å². The van der Waals surface area contributed by atoms with E-state index >= 15 is 0 Å². The number of nitrogens with zero attached hydrogens (tertiary/aromatic N) is 1. The molecule has 0 bridgehead atoms. The quantitative estimate of drug-likeness (QED) is 0.169. The highest BCUT2D eigenvalue weighted by Crippen LogP contribution is 2.46. The predicted octanol–water partition coefficient (Wildman–Crippen LogP) is 14.7. The lowest BCUT2D eigenvalue weighted by Gasteiger charge is -2.36. The van der Waals surface area contributed by atoms with Crippen LogP contribution in [0.25, 0.3) is 64.3 Å². The van der Waals surface area contributed by atoms with Gasteiger partial charge in [-0.1, -0.05) is 154 Å². The monoisotopic (exact) mass is 800 g/mol. The number of nitrogens with one attached hydrogen (secondary N) is 1. The van der Waals surface area contributed by atoms with E-state index in [4.69, 9.17) is 0 Å². The van der Waals surface area contributed by atoms with E-state index in [0.29, 0.717) is 0 Å². The molecule has 2 heterocycles. The van der Waals surface area contributed by atoms with Gasteiger partial charge in [-0.2, -0.15) is 0 Å². The molecule has 0 fully saturated rings. The number of aryl methyl sites for hydroxylation is 1. The standard InChI is InChI=1S/C57H45BN2S/c1-36-29-41(37-15-7-5-8-16-37)23-28-51(36)60-52-35-55-47(45-21-13-14-22-54(45)61-55)34-49(52)58-56-48(31-42(33-53(56)60)38-17-9-6-10-18-38)46-30-39-19-11-12-20-40(39)32-50(46)59-44-26-24-43(25-27-44)57(2,3)4/h5-35,58-59H,1-4H3. The van der Waals surface area contributed by atoms with Gasteiger partial charge in [0.05, 0.1) is 0 Å². The van der Waals surface area contributed by atoms with Crippen LogP contribution in [0.2, 0.25) is 0 Å². The molecule has 0 saturated heterocycles. The predicted molar refractivity (Wildman–Crippen MR) is 267 cm³/mol. The summed E-state index contributed by atoms with van der Waals surface area (Å²) in [6.07, 6.45) is 0. The van der Waals surface area contributed by atoms with Crippen LogP contribution in [0.3, 0.4) is 0 Å². The van der Waals surface area contributed by atoms with Crippen LogP contribution < -0.4 is 21.1 Å². The molecule has 0 aliphatic carbocycles. The normalized spacial score (nSPS) is 12.4. The Hall–Kier alpha value is -6.88. The van der Waals surface area contributed by atoms with E-state index in [1.807, 2.05) is 11.3 Å². The first kappa shape index (κ1) is 37.1. The number of benzene rings is 9. The Morgan fingerprint density at radius 3 is 1.89 bits per heavy atom. The average molecular weight is 801 g/mol. The summed E-state index contributed by atoms with van der Waals surface area (Å²) in [7, 11) is 0.805. The summed E-state index contributed by atoms with van der Waals surface area (Å²) >= 11 is 1.89. The molecule has 0 unspecified atom stereocenters. The first-order valence-electron chi connectivity index (χ1n) is 21.3. The lowest BCUT2D eigenvalue weighted by molar-refractivity contribution is 0.590. The van der Waals surface area contributed by atoms with Gasteiger partial charge in [0.15, 0.2) is 7.28 Å². The van der Waals surface area contributed by atoms with Crippen LogP contribution in [0.4, 0.5) is 28.4 Å². The molecule has 0 amide bonds. The SMILES string of the molecule is Cc1cc(-c2ccccc2)ccc1N1c2cc3sc4ccccc4c3cc2Bc2c(-c3cc4ccccc4cc3Nc3ccc(C(C)(C)C)cc3)cc(-c3ccccc3)cc21. The zero-order valence-electron chi connectivity index (χ0n) is 35.0. The van der Waals surface area contributed by atoms with Crippen LogP contribution in [-0.2, 0) is 5.41 Å². The molecular formula is C57H45BN2S. The first-order valence-corrected chi connectivity index (χ1v) is 22.1. The fourth-order valence-corrected chi connectivity index (χ4v) is 10.4. The van der Waals surface area contributed by atoms with Crippen LogP contribution in [0.5, 0.6) is 0 Å². The highest BCUT2D eigenvalue weighted by atomic mass is 32.1. The molecule has 9 aromatic carbocycles. The zero-order chi connectivity index (χ0) is 41.2. The van der Waals surface area contributed by atoms with E-state index in [0.717, 1.165) is 18.7 Å². The summed E-state index contributed by atoms with van der Waals surface area (Å²) in [5.74, 6) is 0. The maximum absolute atomic E-state index is 3.93. The van der Waals surface area contributed by atoms with Crippen molar-refractivity contribution in [1.29, 1.82) is 0 Å². The molecule has 11 rings (SSSR count). The van der Waals surface area contributed by atoms with Crippen LogP contribution in [0.15, 0.2) is 188 Å². The summed E-state index contributed by atoms with van der Waals surface area (Å²) in [6.45, 7) is 9.08. The smallest absolute Gasteiger partial charge is 0.198 e. The van der Waals surface area contributed by atoms with Gasteiger partial charge in [0.1, 0.15) is 0 Å². The molecular weight excluding hydrogens is 756 g/mol. The van der Waals surface area contributed by atoms with Crippen molar-refractivity contribution < 1.29 is 0 Å². The van der Waals surface area contributed by atoms with Crippen LogP contribution in [-0.4, -0.2) is 7.28 Å². The van der Waals surface area contributed by atoms with Crippen molar-refractivity contribution in [3.8, 4) is 33.4 Å². The number of hydrogen-bond acceptors (Lipinski definition) is 3. The summed E-state index contributed by atoms with van der Waals surface area (Å²) < 4.78 is 2.63. The van der Waals surface area contributed by atoms with Gasteiger partial charge in [0, 0.05) is 48.8 Å². The molecule has 4 heteroatoms. The van der Waals surface area contributed by atoms with Gasteiger partial charge in [-0.15, -0.1) is 11.3 Å². The van der Waals surface area contributed by atoms with Crippen molar-refractivity contribution in [2.45, 2.75) is 33.1 Å². The average Bonchev–Trinajstić information content (AvgIpc) is 3.65. The van der Waals surface area contributed by atoms with Gasteiger partial charge in [-0.05, 0) is 134 Å². The molecule has 61 heavy (non-hydrogen) atoms. The fourth-order valence-electron chi connectivity index (χ4n) is 9.31. The second kappa shape index (κ2) is 14.7. The molecule has 0 radical (unpaired) electrons. The van der Waals surface area contributed by atoms with E-state index in [1.165, 1.54) is 103 Å². The van der Waals surface area contributed by atoms with Crippen LogP contribution in [0.1, 0.15) is 31.9 Å². The Kier molecular flexibility index (Phi) is 8.95. The summed E-state index contributed by atoms with van der Waals surface area (Å²) in [5, 5.41) is 9.01. The van der Waals surface area contributed by atoms with Crippen LogP contribution >= 0.6 is 11.3 Å². The van der Waals surface area contributed by atoms with Gasteiger partial charge in [-0.25, -0.2) is 0 Å². The maximum atomic E-state index is 3.93. The molecule has 0 atom stereocenters. The van der Waals surface area contributed by atoms with Crippen molar-refractivity contribution in [3.05, 3.63) is 199 Å². The van der Waals surface area contributed by atoms with Gasteiger partial charge < -0.3 is 10.2 Å². The third-order valence-electron chi connectivity index (χ3n) is 12.5. The van der Waals surface area contributed by atoms with Crippen LogP contribution in [0, 0.1) is 6.92 Å². The minimum atomic E-state index is 0.0762. The number of hydrogen-bond donors (Lipinski definition) is 1. The molecule has 1 aromatic heterocycles. The van der Waals surface area contributed by atoms with E-state index in [-0.39, 0.29) is 5.41 Å². The number of thiophene rings is 1. The highest BCUT2D eigenvalue weighted by molar-refractivity contribution is 7.25. The van der Waals surface area contributed by atoms with E-state index < -0.39 is 0 Å². The largest absolute Gasteiger partial charge is 0.355 e. The van der Waals surface area contributed by atoms with Crippen molar-refractivity contribution in [3.63, 3.8) is 0 Å². The van der Waals surface area contributed by atoms with E-state index in [2.05, 4.69) is 226 Å². The molecule has 1 aliphatic heterocycles. The first-order chi connectivity index (χ1) is 29.7. The Bertz CT molecular complexity index is 3290. The molecule has 0 spiro atoms. The fraction of sp³-hybridized carbons (Fsp3) is 0.0877. The molecule has 1 N–H and O–H groups in total. The lowest BCUT2D eigenvalue weighted by atomic mass is 9.57. The highest BCUT2D eigenvalue weighted by Gasteiger charge is 2.31. The minimum Gasteiger partial charge on any atom is -0.355 e. The topological polar surface area (TPSA) is 15.3 Å². The third-order valence-corrected chi connectivity index (χ3v) is 13.6. The molecule has 292 valence electrons. The van der Waals surface area contributed by atoms with Crippen molar-refractivity contribution >= 4 is 88.9 Å². The number of rotatable bonds is 6. The van der Waals surface area contributed by atoms with Crippen molar-refractivity contribution in [2.75, 3.05) is 10.2 Å². The molecule has 1 aliphatic rings. The second-order valence-corrected chi connectivity index (χ2v) is 18.6. The van der Waals surface area contributed by atoms with E-state index in [9.17, 15) is 0 Å². The summed E-state index contributed by atoms with van der Waals surface area (Å²) in [5.41, 5.74) is 18.4. The molecule has 10 aromatic rings.